The third-order valence-electron chi connectivity index (χ3n) is 4.74. The molecular formula is C18H26O4. The third kappa shape index (κ3) is 3.73. The van der Waals surface area contributed by atoms with Gasteiger partial charge in [0.05, 0.1) is 12.2 Å². The van der Waals surface area contributed by atoms with Crippen molar-refractivity contribution in [3.8, 4) is 11.5 Å². The fourth-order valence-electron chi connectivity index (χ4n) is 3.40. The molecule has 2 N–H and O–H groups in total. The summed E-state index contributed by atoms with van der Waals surface area (Å²) in [7, 11) is 0. The van der Waals surface area contributed by atoms with Crippen LogP contribution in [0.15, 0.2) is 24.3 Å². The molecule has 1 aromatic carbocycles. The molecule has 0 aliphatic heterocycles. The highest BCUT2D eigenvalue weighted by atomic mass is 16.5. The maximum absolute atomic E-state index is 10.1. The van der Waals surface area contributed by atoms with Gasteiger partial charge in [-0.15, -0.1) is 0 Å². The van der Waals surface area contributed by atoms with Gasteiger partial charge in [-0.3, -0.25) is 0 Å². The molecule has 0 heterocycles. The second-order valence-corrected chi connectivity index (χ2v) is 6.46. The lowest BCUT2D eigenvalue weighted by atomic mass is 9.94. The second kappa shape index (κ2) is 7.34. The summed E-state index contributed by atoms with van der Waals surface area (Å²) in [4.78, 5) is 0. The maximum atomic E-state index is 10.1. The SMILES string of the molecule is O[C@H]1CCCC[C@@H]1Oc1ccccc1O[C@H]1CCCC[C@@H]1O. The molecular weight excluding hydrogens is 280 g/mol. The number of aliphatic hydroxyl groups is 2. The normalized spacial score (nSPS) is 32.5. The van der Waals surface area contributed by atoms with Gasteiger partial charge in [0.2, 0.25) is 0 Å². The van der Waals surface area contributed by atoms with Crippen molar-refractivity contribution in [2.24, 2.45) is 0 Å². The Morgan fingerprint density at radius 1 is 0.682 bits per heavy atom. The Hall–Kier alpha value is -1.26. The summed E-state index contributed by atoms with van der Waals surface area (Å²) in [5, 5.41) is 20.2. The van der Waals surface area contributed by atoms with Gasteiger partial charge in [0.1, 0.15) is 12.2 Å². The van der Waals surface area contributed by atoms with Crippen LogP contribution in [0.1, 0.15) is 51.4 Å². The first-order valence-corrected chi connectivity index (χ1v) is 8.52. The van der Waals surface area contributed by atoms with Crippen molar-refractivity contribution in [2.75, 3.05) is 0 Å². The van der Waals surface area contributed by atoms with Gasteiger partial charge in [-0.25, -0.2) is 0 Å². The molecule has 22 heavy (non-hydrogen) atoms. The fourth-order valence-corrected chi connectivity index (χ4v) is 3.40. The second-order valence-electron chi connectivity index (χ2n) is 6.46. The van der Waals surface area contributed by atoms with Gasteiger partial charge in [-0.05, 0) is 50.7 Å². The summed E-state index contributed by atoms with van der Waals surface area (Å²) in [6, 6.07) is 7.58. The highest BCUT2D eigenvalue weighted by Gasteiger charge is 2.28. The minimum atomic E-state index is -0.401. The number of aliphatic hydroxyl groups excluding tert-OH is 2. The number of hydrogen-bond acceptors (Lipinski definition) is 4. The number of rotatable bonds is 4. The van der Waals surface area contributed by atoms with Gasteiger partial charge in [-0.2, -0.15) is 0 Å². The first-order valence-electron chi connectivity index (χ1n) is 8.52. The summed E-state index contributed by atoms with van der Waals surface area (Å²) in [5.74, 6) is 1.34. The first-order chi connectivity index (χ1) is 10.7. The summed E-state index contributed by atoms with van der Waals surface area (Å²) >= 11 is 0. The molecule has 1 aromatic rings. The molecule has 0 aromatic heterocycles. The summed E-state index contributed by atoms with van der Waals surface area (Å²) in [6.45, 7) is 0. The molecule has 4 heteroatoms. The van der Waals surface area contributed by atoms with E-state index in [1.807, 2.05) is 24.3 Å². The highest BCUT2D eigenvalue weighted by Crippen LogP contribution is 2.33. The molecule has 0 spiro atoms. The van der Waals surface area contributed by atoms with E-state index < -0.39 is 12.2 Å². The van der Waals surface area contributed by atoms with Crippen LogP contribution in [-0.4, -0.2) is 34.6 Å². The Labute approximate surface area is 132 Å². The van der Waals surface area contributed by atoms with E-state index >= 15 is 0 Å². The fraction of sp³-hybridized carbons (Fsp3) is 0.667. The third-order valence-corrected chi connectivity index (χ3v) is 4.74. The number of ether oxygens (including phenoxy) is 2. The largest absolute Gasteiger partial charge is 0.484 e. The van der Waals surface area contributed by atoms with E-state index in [9.17, 15) is 10.2 Å². The Morgan fingerprint density at radius 3 is 1.50 bits per heavy atom. The topological polar surface area (TPSA) is 58.9 Å². The monoisotopic (exact) mass is 306 g/mol. The van der Waals surface area contributed by atoms with Crippen molar-refractivity contribution >= 4 is 0 Å². The van der Waals surface area contributed by atoms with Crippen LogP contribution in [0.25, 0.3) is 0 Å². The van der Waals surface area contributed by atoms with Crippen LogP contribution in [0.5, 0.6) is 11.5 Å². The number of benzene rings is 1. The molecule has 3 rings (SSSR count). The van der Waals surface area contributed by atoms with Gasteiger partial charge in [0.15, 0.2) is 11.5 Å². The van der Waals surface area contributed by atoms with Crippen LogP contribution in [0.2, 0.25) is 0 Å². The summed E-state index contributed by atoms with van der Waals surface area (Å²) in [5.41, 5.74) is 0. The molecule has 0 saturated heterocycles. The van der Waals surface area contributed by atoms with Crippen LogP contribution < -0.4 is 9.47 Å². The standard InChI is InChI=1S/C18H26O4/c19-13-7-1-3-9-15(13)21-17-11-5-6-12-18(17)22-16-10-4-2-8-14(16)20/h5-6,11-16,19-20H,1-4,7-10H2/t13-,14-,15-,16-/m0/s1. The quantitative estimate of drug-likeness (QED) is 0.897. The van der Waals surface area contributed by atoms with Crippen LogP contribution in [0.4, 0.5) is 0 Å². The van der Waals surface area contributed by atoms with Crippen LogP contribution in [-0.2, 0) is 0 Å². The number of para-hydroxylation sites is 2. The highest BCUT2D eigenvalue weighted by molar-refractivity contribution is 5.40. The molecule has 2 fully saturated rings. The van der Waals surface area contributed by atoms with Crippen molar-refractivity contribution in [3.63, 3.8) is 0 Å². The van der Waals surface area contributed by atoms with Crippen molar-refractivity contribution < 1.29 is 19.7 Å². The molecule has 4 atom stereocenters. The van der Waals surface area contributed by atoms with E-state index in [-0.39, 0.29) is 12.2 Å². The predicted octanol–water partition coefficient (Wildman–Crippen LogP) is 3.05. The lowest BCUT2D eigenvalue weighted by Gasteiger charge is -2.31. The Kier molecular flexibility index (Phi) is 5.21. The zero-order valence-corrected chi connectivity index (χ0v) is 13.0. The zero-order chi connectivity index (χ0) is 15.4. The van der Waals surface area contributed by atoms with E-state index in [0.717, 1.165) is 51.4 Å². The van der Waals surface area contributed by atoms with Crippen LogP contribution >= 0.6 is 0 Å². The summed E-state index contributed by atoms with van der Waals surface area (Å²) < 4.78 is 12.0. The van der Waals surface area contributed by atoms with Crippen LogP contribution in [0, 0.1) is 0 Å². The van der Waals surface area contributed by atoms with Crippen molar-refractivity contribution in [1.82, 2.24) is 0 Å². The average molecular weight is 306 g/mol. The smallest absolute Gasteiger partial charge is 0.161 e. The van der Waals surface area contributed by atoms with Crippen molar-refractivity contribution in [1.29, 1.82) is 0 Å². The molecule has 0 amide bonds. The molecule has 0 bridgehead atoms. The summed E-state index contributed by atoms with van der Waals surface area (Å²) in [6.07, 6.45) is 6.54. The maximum Gasteiger partial charge on any atom is 0.161 e. The first kappa shape index (κ1) is 15.6. The lowest BCUT2D eigenvalue weighted by molar-refractivity contribution is -0.00729. The van der Waals surface area contributed by atoms with Gasteiger partial charge in [0.25, 0.3) is 0 Å². The lowest BCUT2D eigenvalue weighted by Crippen LogP contribution is -2.36. The molecule has 4 nitrogen and oxygen atoms in total. The Morgan fingerprint density at radius 2 is 1.09 bits per heavy atom. The van der Waals surface area contributed by atoms with Gasteiger partial charge in [-0.1, -0.05) is 25.0 Å². The Bertz CT molecular complexity index is 433. The average Bonchev–Trinajstić information content (AvgIpc) is 2.53. The number of hydrogen-bond donors (Lipinski definition) is 2. The zero-order valence-electron chi connectivity index (χ0n) is 13.0. The van der Waals surface area contributed by atoms with Gasteiger partial charge in [0, 0.05) is 0 Å². The molecule has 2 saturated carbocycles. The van der Waals surface area contributed by atoms with E-state index in [0.29, 0.717) is 11.5 Å². The molecule has 2 aliphatic rings. The van der Waals surface area contributed by atoms with E-state index in [1.165, 1.54) is 0 Å². The molecule has 0 unspecified atom stereocenters. The van der Waals surface area contributed by atoms with Gasteiger partial charge < -0.3 is 19.7 Å². The molecule has 2 aliphatic carbocycles. The minimum Gasteiger partial charge on any atom is -0.484 e. The van der Waals surface area contributed by atoms with Crippen molar-refractivity contribution in [3.05, 3.63) is 24.3 Å². The minimum absolute atomic E-state index is 0.158. The van der Waals surface area contributed by atoms with Crippen molar-refractivity contribution in [2.45, 2.75) is 75.8 Å². The Balaban J connectivity index is 1.69. The molecule has 122 valence electrons. The van der Waals surface area contributed by atoms with Crippen LogP contribution in [0.3, 0.4) is 0 Å². The van der Waals surface area contributed by atoms with E-state index in [1.54, 1.807) is 0 Å². The predicted molar refractivity (Wildman–Crippen MR) is 84.2 cm³/mol. The molecule has 0 radical (unpaired) electrons. The van der Waals surface area contributed by atoms with Gasteiger partial charge >= 0.3 is 0 Å². The van der Waals surface area contributed by atoms with E-state index in [4.69, 9.17) is 9.47 Å². The van der Waals surface area contributed by atoms with E-state index in [2.05, 4.69) is 0 Å².